The number of carbonyl (C=O) groups is 1. The lowest BCUT2D eigenvalue weighted by Crippen LogP contribution is -2.48. The predicted octanol–water partition coefficient (Wildman–Crippen LogP) is 3.57. The van der Waals surface area contributed by atoms with Crippen LogP contribution in [0, 0.1) is 6.92 Å². The Balaban J connectivity index is 1.36. The van der Waals surface area contributed by atoms with Gasteiger partial charge in [-0.2, -0.15) is 4.98 Å². The maximum atomic E-state index is 13.1. The van der Waals surface area contributed by atoms with Gasteiger partial charge in [-0.25, -0.2) is 0 Å². The number of hydrogen-bond donors (Lipinski definition) is 0. The van der Waals surface area contributed by atoms with Gasteiger partial charge in [0.25, 0.3) is 5.91 Å². The van der Waals surface area contributed by atoms with E-state index in [1.165, 1.54) is 5.56 Å². The maximum absolute atomic E-state index is 13.1. The highest BCUT2D eigenvalue weighted by Gasteiger charge is 2.24. The van der Waals surface area contributed by atoms with Crippen LogP contribution in [0.15, 0.2) is 53.1 Å². The van der Waals surface area contributed by atoms with Crippen molar-refractivity contribution in [2.24, 2.45) is 0 Å². The number of rotatable bonds is 6. The first-order valence-corrected chi connectivity index (χ1v) is 10.2. The lowest BCUT2D eigenvalue weighted by Gasteiger charge is -2.35. The van der Waals surface area contributed by atoms with Crippen LogP contribution >= 0.6 is 11.6 Å². The molecular weight excluding hydrogens is 404 g/mol. The smallest absolute Gasteiger partial charge is 0.257 e. The van der Waals surface area contributed by atoms with Gasteiger partial charge in [0.2, 0.25) is 11.7 Å². The molecule has 0 N–H and O–H groups in total. The zero-order chi connectivity index (χ0) is 20.9. The van der Waals surface area contributed by atoms with Crippen LogP contribution in [0.1, 0.15) is 27.6 Å². The Bertz CT molecular complexity index is 1010. The van der Waals surface area contributed by atoms with Crippen LogP contribution in [0.5, 0.6) is 5.75 Å². The zero-order valence-electron chi connectivity index (χ0n) is 16.8. The molecule has 1 amide bonds. The van der Waals surface area contributed by atoms with Crippen LogP contribution in [-0.2, 0) is 13.2 Å². The standard InChI is InChI=1S/C22H23ClN4O3/c1-16-24-21(25-30-16)15-29-20-8-3-2-7-19(20)22(28)27-11-9-26(10-12-27)14-17-5-4-6-18(23)13-17/h2-8,13H,9-12,14-15H2,1H3. The summed E-state index contributed by atoms with van der Waals surface area (Å²) in [7, 11) is 0. The molecule has 0 bridgehead atoms. The third kappa shape index (κ3) is 4.98. The number of aromatic nitrogens is 2. The van der Waals surface area contributed by atoms with Crippen LogP contribution in [0.4, 0.5) is 0 Å². The van der Waals surface area contributed by atoms with Crippen LogP contribution in [0.2, 0.25) is 5.02 Å². The number of benzene rings is 2. The molecule has 2 aromatic carbocycles. The number of piperazine rings is 1. The summed E-state index contributed by atoms with van der Waals surface area (Å²) < 4.78 is 10.8. The van der Waals surface area contributed by atoms with Crippen LogP contribution < -0.4 is 4.74 Å². The van der Waals surface area contributed by atoms with Gasteiger partial charge in [-0.05, 0) is 29.8 Å². The van der Waals surface area contributed by atoms with Crippen LogP contribution in [0.25, 0.3) is 0 Å². The normalized spacial score (nSPS) is 14.7. The maximum Gasteiger partial charge on any atom is 0.257 e. The minimum absolute atomic E-state index is 0.0303. The van der Waals surface area contributed by atoms with Gasteiger partial charge < -0.3 is 14.2 Å². The van der Waals surface area contributed by atoms with Gasteiger partial charge in [-0.15, -0.1) is 0 Å². The zero-order valence-corrected chi connectivity index (χ0v) is 17.5. The summed E-state index contributed by atoms with van der Waals surface area (Å²) in [6.45, 7) is 5.64. The van der Waals surface area contributed by atoms with E-state index >= 15 is 0 Å². The number of aryl methyl sites for hydroxylation is 1. The highest BCUT2D eigenvalue weighted by Crippen LogP contribution is 2.22. The summed E-state index contributed by atoms with van der Waals surface area (Å²) in [5.74, 6) is 1.42. The monoisotopic (exact) mass is 426 g/mol. The van der Waals surface area contributed by atoms with Gasteiger partial charge in [0, 0.05) is 44.7 Å². The Kier molecular flexibility index (Phi) is 6.30. The molecule has 0 unspecified atom stereocenters. The van der Waals surface area contributed by atoms with Crippen LogP contribution in [-0.4, -0.2) is 52.0 Å². The Morgan fingerprint density at radius 3 is 2.67 bits per heavy atom. The second-order valence-electron chi connectivity index (χ2n) is 7.21. The number of amides is 1. The fourth-order valence-electron chi connectivity index (χ4n) is 3.48. The third-order valence-corrected chi connectivity index (χ3v) is 5.23. The highest BCUT2D eigenvalue weighted by molar-refractivity contribution is 6.30. The van der Waals surface area contributed by atoms with Crippen LogP contribution in [0.3, 0.4) is 0 Å². The topological polar surface area (TPSA) is 71.7 Å². The molecule has 0 aliphatic carbocycles. The van der Waals surface area contributed by atoms with E-state index in [9.17, 15) is 4.79 Å². The molecule has 156 valence electrons. The van der Waals surface area contributed by atoms with E-state index in [-0.39, 0.29) is 12.5 Å². The number of hydrogen-bond acceptors (Lipinski definition) is 6. The quantitative estimate of drug-likeness (QED) is 0.600. The van der Waals surface area contributed by atoms with Gasteiger partial charge >= 0.3 is 0 Å². The molecule has 0 atom stereocenters. The molecule has 1 fully saturated rings. The number of halogens is 1. The average Bonchev–Trinajstić information content (AvgIpc) is 3.18. The van der Waals surface area contributed by atoms with Gasteiger partial charge in [-0.1, -0.05) is 41.0 Å². The van der Waals surface area contributed by atoms with Gasteiger partial charge in [-0.3, -0.25) is 9.69 Å². The molecule has 1 aliphatic rings. The Labute approximate surface area is 180 Å². The van der Waals surface area contributed by atoms with Crippen molar-refractivity contribution in [1.82, 2.24) is 19.9 Å². The average molecular weight is 427 g/mol. The SMILES string of the molecule is Cc1nc(COc2ccccc2C(=O)N2CCN(Cc3cccc(Cl)c3)CC2)no1. The first-order valence-electron chi connectivity index (χ1n) is 9.85. The molecule has 8 heteroatoms. The lowest BCUT2D eigenvalue weighted by molar-refractivity contribution is 0.0624. The van der Waals surface area contributed by atoms with Crippen molar-refractivity contribution in [3.63, 3.8) is 0 Å². The van der Waals surface area contributed by atoms with Gasteiger partial charge in [0.05, 0.1) is 5.56 Å². The number of carbonyl (C=O) groups excluding carboxylic acids is 1. The summed E-state index contributed by atoms with van der Waals surface area (Å²) in [5, 5.41) is 4.57. The molecule has 7 nitrogen and oxygen atoms in total. The summed E-state index contributed by atoms with van der Waals surface area (Å²) in [6, 6.07) is 15.2. The molecule has 0 saturated carbocycles. The second kappa shape index (κ2) is 9.28. The molecule has 0 spiro atoms. The van der Waals surface area contributed by atoms with Gasteiger partial charge in [0.1, 0.15) is 5.75 Å². The van der Waals surface area contributed by atoms with Crippen molar-refractivity contribution < 1.29 is 14.1 Å². The van der Waals surface area contributed by atoms with E-state index in [0.29, 0.717) is 36.1 Å². The molecule has 1 saturated heterocycles. The summed E-state index contributed by atoms with van der Waals surface area (Å²) >= 11 is 6.08. The molecule has 2 heterocycles. The Morgan fingerprint density at radius 1 is 1.13 bits per heavy atom. The fourth-order valence-corrected chi connectivity index (χ4v) is 3.70. The molecule has 30 heavy (non-hydrogen) atoms. The second-order valence-corrected chi connectivity index (χ2v) is 7.65. The van der Waals surface area contributed by atoms with Gasteiger partial charge in [0.15, 0.2) is 6.61 Å². The number of nitrogens with zero attached hydrogens (tertiary/aromatic N) is 4. The summed E-state index contributed by atoms with van der Waals surface area (Å²) in [6.07, 6.45) is 0. The van der Waals surface area contributed by atoms with E-state index in [4.69, 9.17) is 20.9 Å². The molecule has 3 aromatic rings. The molecule has 1 aliphatic heterocycles. The van der Waals surface area contributed by atoms with Crippen molar-refractivity contribution in [2.45, 2.75) is 20.1 Å². The van der Waals surface area contributed by atoms with E-state index < -0.39 is 0 Å². The Morgan fingerprint density at radius 2 is 1.93 bits per heavy atom. The van der Waals surface area contributed by atoms with E-state index in [2.05, 4.69) is 21.1 Å². The third-order valence-electron chi connectivity index (χ3n) is 5.00. The number of para-hydroxylation sites is 1. The Hall–Kier alpha value is -2.90. The summed E-state index contributed by atoms with van der Waals surface area (Å²) in [4.78, 5) is 21.4. The van der Waals surface area contributed by atoms with Crippen molar-refractivity contribution in [2.75, 3.05) is 26.2 Å². The van der Waals surface area contributed by atoms with Crippen molar-refractivity contribution in [3.05, 3.63) is 76.4 Å². The predicted molar refractivity (Wildman–Crippen MR) is 112 cm³/mol. The van der Waals surface area contributed by atoms with Crippen molar-refractivity contribution in [3.8, 4) is 5.75 Å². The molecule has 1 aromatic heterocycles. The fraction of sp³-hybridized carbons (Fsp3) is 0.318. The molecular formula is C22H23ClN4O3. The summed E-state index contributed by atoms with van der Waals surface area (Å²) in [5.41, 5.74) is 1.72. The van der Waals surface area contributed by atoms with E-state index in [1.54, 1.807) is 19.1 Å². The highest BCUT2D eigenvalue weighted by atomic mass is 35.5. The largest absolute Gasteiger partial charge is 0.485 e. The minimum atomic E-state index is -0.0303. The van der Waals surface area contributed by atoms with Crippen molar-refractivity contribution >= 4 is 17.5 Å². The number of ether oxygens (including phenoxy) is 1. The van der Waals surface area contributed by atoms with Crippen molar-refractivity contribution in [1.29, 1.82) is 0 Å². The minimum Gasteiger partial charge on any atom is -0.485 e. The first-order chi connectivity index (χ1) is 14.6. The van der Waals surface area contributed by atoms with E-state index in [1.807, 2.05) is 35.2 Å². The first kappa shape index (κ1) is 20.4. The van der Waals surface area contributed by atoms with E-state index in [0.717, 1.165) is 24.7 Å². The molecule has 0 radical (unpaired) electrons. The lowest BCUT2D eigenvalue weighted by atomic mass is 10.1. The molecule has 4 rings (SSSR count).